The molecule has 0 bridgehead atoms. The minimum Gasteiger partial charge on any atom is -0.392 e. The maximum atomic E-state index is 13.0. The molecule has 1 aromatic carbocycles. The number of fused-ring (bicyclic) bond motifs is 1. The van der Waals surface area contributed by atoms with Crippen molar-refractivity contribution >= 4 is 10.0 Å². The van der Waals surface area contributed by atoms with Crippen LogP contribution in [0.1, 0.15) is 58.9 Å². The van der Waals surface area contributed by atoms with Crippen LogP contribution in [0.2, 0.25) is 0 Å². The second-order valence-corrected chi connectivity index (χ2v) is 11.3. The highest BCUT2D eigenvalue weighted by molar-refractivity contribution is 7.89. The first-order valence-electron chi connectivity index (χ1n) is 10.0. The van der Waals surface area contributed by atoms with Gasteiger partial charge in [0.05, 0.1) is 17.1 Å². The lowest BCUT2D eigenvalue weighted by Gasteiger charge is -2.42. The molecule has 6 heteroatoms. The Bertz CT molecular complexity index is 872. The maximum Gasteiger partial charge on any atom is 0.240 e. The number of aryl methyl sites for hydroxylation is 1. The van der Waals surface area contributed by atoms with Gasteiger partial charge in [-0.3, -0.25) is 0 Å². The Labute approximate surface area is 168 Å². The van der Waals surface area contributed by atoms with Crippen LogP contribution in [0, 0.1) is 17.8 Å². The molecule has 0 spiro atoms. The van der Waals surface area contributed by atoms with E-state index in [-0.39, 0.29) is 4.90 Å². The number of allylic oxidation sites excluding steroid dienone is 1. The molecular formula is C22H33NO4S. The van der Waals surface area contributed by atoms with Gasteiger partial charge in [-0.25, -0.2) is 13.1 Å². The molecule has 0 radical (unpaired) electrons. The Balaban J connectivity index is 2.00. The minimum atomic E-state index is -3.78. The van der Waals surface area contributed by atoms with Gasteiger partial charge in [0.25, 0.3) is 0 Å². The van der Waals surface area contributed by atoms with Gasteiger partial charge in [-0.2, -0.15) is 0 Å². The number of sulfonamides is 1. The van der Waals surface area contributed by atoms with E-state index in [0.29, 0.717) is 19.3 Å². The van der Waals surface area contributed by atoms with Gasteiger partial charge in [-0.05, 0) is 57.1 Å². The average Bonchev–Trinajstić information content (AvgIpc) is 2.68. The van der Waals surface area contributed by atoms with E-state index >= 15 is 0 Å². The van der Waals surface area contributed by atoms with Crippen molar-refractivity contribution in [3.05, 3.63) is 41.0 Å². The topological polar surface area (TPSA) is 86.6 Å². The van der Waals surface area contributed by atoms with Crippen LogP contribution in [-0.4, -0.2) is 36.9 Å². The predicted octanol–water partition coefficient (Wildman–Crippen LogP) is 3.30. The molecule has 1 saturated carbocycles. The quantitative estimate of drug-likeness (QED) is 0.671. The number of aliphatic hydroxyl groups excluding tert-OH is 2. The fourth-order valence-corrected chi connectivity index (χ4v) is 6.13. The first kappa shape index (κ1) is 21.5. The molecule has 1 fully saturated rings. The van der Waals surface area contributed by atoms with E-state index < -0.39 is 39.1 Å². The lowest BCUT2D eigenvalue weighted by Crippen LogP contribution is -2.50. The average molecular weight is 408 g/mol. The molecule has 0 aromatic heterocycles. The van der Waals surface area contributed by atoms with E-state index in [2.05, 4.69) is 11.6 Å². The molecule has 2 aliphatic carbocycles. The van der Waals surface area contributed by atoms with Crippen molar-refractivity contribution in [2.24, 2.45) is 10.8 Å². The number of aliphatic hydroxyl groups is 2. The predicted molar refractivity (Wildman–Crippen MR) is 110 cm³/mol. The summed E-state index contributed by atoms with van der Waals surface area (Å²) in [6.07, 6.45) is 1.13. The third kappa shape index (κ3) is 3.80. The summed E-state index contributed by atoms with van der Waals surface area (Å²) in [6.45, 7) is 9.95. The summed E-state index contributed by atoms with van der Waals surface area (Å²) in [6, 6.07) is 6.01. The molecule has 156 valence electrons. The SMILES string of the molecule is CC1=C2CC(C)(C)C(O)C(NS(=O)(=O)c3ccc(C)cc3)CC2(C)C(O)CC1. The summed E-state index contributed by atoms with van der Waals surface area (Å²) in [5, 5.41) is 22.0. The van der Waals surface area contributed by atoms with Gasteiger partial charge in [-0.15, -0.1) is 0 Å². The maximum absolute atomic E-state index is 13.0. The molecule has 0 saturated heterocycles. The van der Waals surface area contributed by atoms with Gasteiger partial charge < -0.3 is 10.2 Å². The largest absolute Gasteiger partial charge is 0.392 e. The van der Waals surface area contributed by atoms with Crippen molar-refractivity contribution in [3.8, 4) is 0 Å². The lowest BCUT2D eigenvalue weighted by atomic mass is 9.65. The van der Waals surface area contributed by atoms with Crippen molar-refractivity contribution in [3.63, 3.8) is 0 Å². The highest BCUT2D eigenvalue weighted by Gasteiger charge is 2.51. The van der Waals surface area contributed by atoms with Gasteiger partial charge in [0.15, 0.2) is 0 Å². The first-order chi connectivity index (χ1) is 12.9. The molecule has 4 atom stereocenters. The Kier molecular flexibility index (Phi) is 5.56. The van der Waals surface area contributed by atoms with Crippen LogP contribution in [-0.2, 0) is 10.0 Å². The molecule has 0 amide bonds. The molecule has 3 N–H and O–H groups in total. The van der Waals surface area contributed by atoms with Crippen LogP contribution in [0.5, 0.6) is 0 Å². The monoisotopic (exact) mass is 407 g/mol. The summed E-state index contributed by atoms with van der Waals surface area (Å²) >= 11 is 0. The van der Waals surface area contributed by atoms with Crippen molar-refractivity contribution < 1.29 is 18.6 Å². The molecule has 4 unspecified atom stereocenters. The van der Waals surface area contributed by atoms with Crippen LogP contribution in [0.25, 0.3) is 0 Å². The van der Waals surface area contributed by atoms with E-state index in [1.54, 1.807) is 24.3 Å². The zero-order chi connectivity index (χ0) is 20.9. The van der Waals surface area contributed by atoms with Gasteiger partial charge in [-0.1, -0.05) is 49.6 Å². The third-order valence-corrected chi connectivity index (χ3v) is 8.33. The molecule has 2 aliphatic rings. The fraction of sp³-hybridized carbons (Fsp3) is 0.636. The van der Waals surface area contributed by atoms with E-state index in [1.165, 1.54) is 11.1 Å². The Morgan fingerprint density at radius 1 is 1.07 bits per heavy atom. The summed E-state index contributed by atoms with van der Waals surface area (Å²) in [7, 11) is -3.78. The minimum absolute atomic E-state index is 0.189. The second kappa shape index (κ2) is 7.24. The summed E-state index contributed by atoms with van der Waals surface area (Å²) < 4.78 is 28.7. The molecule has 28 heavy (non-hydrogen) atoms. The fourth-order valence-electron chi connectivity index (χ4n) is 4.89. The van der Waals surface area contributed by atoms with E-state index in [0.717, 1.165) is 12.0 Å². The zero-order valence-corrected chi connectivity index (χ0v) is 18.3. The number of nitrogens with one attached hydrogen (secondary N) is 1. The van der Waals surface area contributed by atoms with E-state index in [1.807, 2.05) is 27.7 Å². The third-order valence-electron chi connectivity index (χ3n) is 6.83. The van der Waals surface area contributed by atoms with Crippen LogP contribution in [0.15, 0.2) is 40.3 Å². The normalized spacial score (nSPS) is 33.3. The molecule has 0 aliphatic heterocycles. The summed E-state index contributed by atoms with van der Waals surface area (Å²) in [5.41, 5.74) is 2.36. The van der Waals surface area contributed by atoms with Gasteiger partial charge in [0.2, 0.25) is 10.0 Å². The van der Waals surface area contributed by atoms with Crippen molar-refractivity contribution in [2.45, 2.75) is 83.4 Å². The number of rotatable bonds is 3. The highest BCUT2D eigenvalue weighted by atomic mass is 32.2. The van der Waals surface area contributed by atoms with Crippen molar-refractivity contribution in [1.29, 1.82) is 0 Å². The number of hydrogen-bond acceptors (Lipinski definition) is 4. The van der Waals surface area contributed by atoms with Crippen molar-refractivity contribution in [1.82, 2.24) is 4.72 Å². The second-order valence-electron chi connectivity index (χ2n) is 9.59. The van der Waals surface area contributed by atoms with Crippen LogP contribution in [0.4, 0.5) is 0 Å². The molecule has 0 heterocycles. The van der Waals surface area contributed by atoms with Crippen molar-refractivity contribution in [2.75, 3.05) is 0 Å². The summed E-state index contributed by atoms with van der Waals surface area (Å²) in [5.74, 6) is 0. The first-order valence-corrected chi connectivity index (χ1v) is 11.5. The molecule has 5 nitrogen and oxygen atoms in total. The van der Waals surface area contributed by atoms with Gasteiger partial charge >= 0.3 is 0 Å². The Hall–Kier alpha value is -1.21. The van der Waals surface area contributed by atoms with Gasteiger partial charge in [0.1, 0.15) is 0 Å². The molecular weight excluding hydrogens is 374 g/mol. The zero-order valence-electron chi connectivity index (χ0n) is 17.5. The highest BCUT2D eigenvalue weighted by Crippen LogP contribution is 2.52. The smallest absolute Gasteiger partial charge is 0.240 e. The van der Waals surface area contributed by atoms with Crippen LogP contribution >= 0.6 is 0 Å². The Morgan fingerprint density at radius 2 is 1.68 bits per heavy atom. The Morgan fingerprint density at radius 3 is 2.29 bits per heavy atom. The molecule has 3 rings (SSSR count). The van der Waals surface area contributed by atoms with E-state index in [4.69, 9.17) is 0 Å². The van der Waals surface area contributed by atoms with E-state index in [9.17, 15) is 18.6 Å². The van der Waals surface area contributed by atoms with Crippen LogP contribution in [0.3, 0.4) is 0 Å². The number of benzene rings is 1. The lowest BCUT2D eigenvalue weighted by molar-refractivity contribution is 0.0130. The summed E-state index contributed by atoms with van der Waals surface area (Å²) in [4.78, 5) is 0.189. The molecule has 1 aromatic rings. The van der Waals surface area contributed by atoms with Gasteiger partial charge in [0, 0.05) is 11.5 Å². The number of hydrogen-bond donors (Lipinski definition) is 3. The van der Waals surface area contributed by atoms with Crippen LogP contribution < -0.4 is 4.72 Å². The standard InChI is InChI=1S/C22H33NO4S/c1-14-6-9-16(10-7-14)28(26,27)23-18-13-22(5)17(12-21(3,4)20(18)25)15(2)8-11-19(22)24/h6-7,9-10,18-20,23-25H,8,11-13H2,1-5H3.